The van der Waals surface area contributed by atoms with Crippen molar-refractivity contribution >= 4 is 22.0 Å². The van der Waals surface area contributed by atoms with Crippen molar-refractivity contribution in [2.75, 3.05) is 13.2 Å². The fourth-order valence-electron chi connectivity index (χ4n) is 1.74. The Morgan fingerprint density at radius 3 is 2.65 bits per heavy atom. The number of aromatic nitrogens is 1. The molecule has 0 atom stereocenters. The molecular weight excluding hydrogens is 364 g/mol. The summed E-state index contributed by atoms with van der Waals surface area (Å²) in [6.45, 7) is 5.97. The molecule has 7 heteroatoms. The van der Waals surface area contributed by atoms with E-state index in [9.17, 15) is 4.79 Å². The number of amides is 1. The first kappa shape index (κ1) is 17.3. The van der Waals surface area contributed by atoms with Gasteiger partial charge in [-0.05, 0) is 41.9 Å². The average Bonchev–Trinajstić information content (AvgIpc) is 2.84. The highest BCUT2D eigenvalue weighted by Gasteiger charge is 2.17. The van der Waals surface area contributed by atoms with Crippen molar-refractivity contribution in [2.24, 2.45) is 0 Å². The largest absolute Gasteiger partial charge is 0.473 e. The number of rotatable bonds is 5. The van der Waals surface area contributed by atoms with Crippen molar-refractivity contribution in [3.8, 4) is 17.2 Å². The molecule has 2 aromatic rings. The number of carbonyl (C=O) groups is 1. The lowest BCUT2D eigenvalue weighted by atomic mass is 10.2. The summed E-state index contributed by atoms with van der Waals surface area (Å²) in [5, 5.41) is 6.49. The highest BCUT2D eigenvalue weighted by Crippen LogP contribution is 2.35. The van der Waals surface area contributed by atoms with E-state index in [1.807, 2.05) is 30.3 Å². The van der Waals surface area contributed by atoms with Crippen molar-refractivity contribution in [3.05, 3.63) is 34.8 Å². The zero-order valence-corrected chi connectivity index (χ0v) is 14.8. The van der Waals surface area contributed by atoms with Gasteiger partial charge in [-0.3, -0.25) is 0 Å². The summed E-state index contributed by atoms with van der Waals surface area (Å²) in [5.74, 6) is 0.940. The van der Waals surface area contributed by atoms with Crippen LogP contribution >= 0.6 is 15.9 Å². The Hall–Kier alpha value is -2.02. The SMILES string of the molecule is CC(C)(C)OC(=O)NCCOc1noc(-c2ccccc2)c1Br. The predicted octanol–water partition coefficient (Wildman–Crippen LogP) is 4.01. The van der Waals surface area contributed by atoms with Crippen LogP contribution in [0.25, 0.3) is 11.3 Å². The number of nitrogens with one attached hydrogen (secondary N) is 1. The third-order valence-corrected chi connectivity index (χ3v) is 3.35. The summed E-state index contributed by atoms with van der Waals surface area (Å²) in [6, 6.07) is 9.58. The van der Waals surface area contributed by atoms with Crippen molar-refractivity contribution in [1.82, 2.24) is 10.5 Å². The third kappa shape index (κ3) is 5.28. The third-order valence-electron chi connectivity index (χ3n) is 2.65. The van der Waals surface area contributed by atoms with E-state index in [4.69, 9.17) is 14.0 Å². The fraction of sp³-hybridized carbons (Fsp3) is 0.375. The van der Waals surface area contributed by atoms with Crippen molar-refractivity contribution in [3.63, 3.8) is 0 Å². The van der Waals surface area contributed by atoms with Crippen molar-refractivity contribution in [2.45, 2.75) is 26.4 Å². The summed E-state index contributed by atoms with van der Waals surface area (Å²) in [7, 11) is 0. The Labute approximate surface area is 143 Å². The van der Waals surface area contributed by atoms with Crippen LogP contribution in [0.3, 0.4) is 0 Å². The Morgan fingerprint density at radius 1 is 1.30 bits per heavy atom. The lowest BCUT2D eigenvalue weighted by molar-refractivity contribution is 0.0519. The Kier molecular flexibility index (Phi) is 5.65. The van der Waals surface area contributed by atoms with Gasteiger partial charge in [-0.1, -0.05) is 30.3 Å². The van der Waals surface area contributed by atoms with E-state index in [0.29, 0.717) is 22.7 Å². The maximum absolute atomic E-state index is 11.5. The van der Waals surface area contributed by atoms with Crippen molar-refractivity contribution < 1.29 is 18.8 Å². The van der Waals surface area contributed by atoms with E-state index >= 15 is 0 Å². The standard InChI is InChI=1S/C16H19BrN2O4/c1-16(2,3)22-15(20)18-9-10-21-14-12(17)13(23-19-14)11-7-5-4-6-8-11/h4-8H,9-10H2,1-3H3,(H,18,20). The average molecular weight is 383 g/mol. The highest BCUT2D eigenvalue weighted by molar-refractivity contribution is 9.10. The second-order valence-electron chi connectivity index (χ2n) is 5.77. The summed E-state index contributed by atoms with van der Waals surface area (Å²) in [6.07, 6.45) is -0.481. The molecule has 1 N–H and O–H groups in total. The first-order valence-corrected chi connectivity index (χ1v) is 7.96. The lowest BCUT2D eigenvalue weighted by Gasteiger charge is -2.19. The topological polar surface area (TPSA) is 73.6 Å². The quantitative estimate of drug-likeness (QED) is 0.790. The number of alkyl carbamates (subject to hydrolysis) is 1. The molecule has 0 radical (unpaired) electrons. The van der Waals surface area contributed by atoms with Crippen LogP contribution in [-0.4, -0.2) is 30.0 Å². The molecule has 0 aliphatic carbocycles. The van der Waals surface area contributed by atoms with Gasteiger partial charge in [-0.25, -0.2) is 4.79 Å². The monoisotopic (exact) mass is 382 g/mol. The van der Waals surface area contributed by atoms with Gasteiger partial charge in [0.25, 0.3) is 5.88 Å². The molecule has 6 nitrogen and oxygen atoms in total. The minimum absolute atomic E-state index is 0.249. The molecule has 1 heterocycles. The van der Waals surface area contributed by atoms with Crippen LogP contribution in [0, 0.1) is 0 Å². The van der Waals surface area contributed by atoms with Crippen LogP contribution in [0.1, 0.15) is 20.8 Å². The highest BCUT2D eigenvalue weighted by atomic mass is 79.9. The number of hydrogen-bond donors (Lipinski definition) is 1. The molecule has 1 amide bonds. The molecule has 2 rings (SSSR count). The zero-order chi connectivity index (χ0) is 16.9. The smallest absolute Gasteiger partial charge is 0.407 e. The molecule has 0 fully saturated rings. The maximum Gasteiger partial charge on any atom is 0.407 e. The van der Waals surface area contributed by atoms with Gasteiger partial charge in [0.05, 0.1) is 6.54 Å². The Balaban J connectivity index is 1.83. The molecule has 0 saturated heterocycles. The Morgan fingerprint density at radius 2 is 2.00 bits per heavy atom. The van der Waals surface area contributed by atoms with Gasteiger partial charge in [0.1, 0.15) is 16.7 Å². The summed E-state index contributed by atoms with van der Waals surface area (Å²) in [5.41, 5.74) is 0.374. The van der Waals surface area contributed by atoms with Gasteiger partial charge < -0.3 is 19.3 Å². The molecule has 0 aliphatic rings. The molecule has 124 valence electrons. The summed E-state index contributed by atoms with van der Waals surface area (Å²) >= 11 is 3.42. The van der Waals surface area contributed by atoms with E-state index in [2.05, 4.69) is 26.4 Å². The van der Waals surface area contributed by atoms with Gasteiger partial charge in [0.2, 0.25) is 0 Å². The number of carbonyl (C=O) groups excluding carboxylic acids is 1. The number of nitrogens with zero attached hydrogens (tertiary/aromatic N) is 1. The predicted molar refractivity (Wildman–Crippen MR) is 89.4 cm³/mol. The molecule has 1 aromatic heterocycles. The van der Waals surface area contributed by atoms with Gasteiger partial charge in [-0.2, -0.15) is 0 Å². The van der Waals surface area contributed by atoms with Crippen LogP contribution in [0.5, 0.6) is 5.88 Å². The second kappa shape index (κ2) is 7.50. The maximum atomic E-state index is 11.5. The molecule has 1 aromatic carbocycles. The molecule has 0 bridgehead atoms. The minimum Gasteiger partial charge on any atom is -0.473 e. The molecule has 0 unspecified atom stereocenters. The second-order valence-corrected chi connectivity index (χ2v) is 6.57. The van der Waals surface area contributed by atoms with E-state index in [1.165, 1.54) is 0 Å². The van der Waals surface area contributed by atoms with Gasteiger partial charge in [0.15, 0.2) is 5.76 Å². The number of hydrogen-bond acceptors (Lipinski definition) is 5. The van der Waals surface area contributed by atoms with Gasteiger partial charge >= 0.3 is 6.09 Å². The fourth-order valence-corrected chi connectivity index (χ4v) is 2.23. The van der Waals surface area contributed by atoms with Gasteiger partial charge in [-0.15, -0.1) is 0 Å². The van der Waals surface area contributed by atoms with Crippen LogP contribution < -0.4 is 10.1 Å². The van der Waals surface area contributed by atoms with Crippen LogP contribution in [-0.2, 0) is 4.74 Å². The summed E-state index contributed by atoms with van der Waals surface area (Å²) in [4.78, 5) is 11.5. The first-order valence-electron chi connectivity index (χ1n) is 7.17. The number of halogens is 1. The van der Waals surface area contributed by atoms with Crippen LogP contribution in [0.4, 0.5) is 4.79 Å². The normalized spacial score (nSPS) is 11.1. The zero-order valence-electron chi connectivity index (χ0n) is 13.3. The molecule has 0 saturated carbocycles. The molecule has 0 spiro atoms. The Bertz CT molecular complexity index is 650. The van der Waals surface area contributed by atoms with Crippen LogP contribution in [0.15, 0.2) is 39.3 Å². The molecule has 23 heavy (non-hydrogen) atoms. The van der Waals surface area contributed by atoms with E-state index in [0.717, 1.165) is 5.56 Å². The van der Waals surface area contributed by atoms with E-state index in [-0.39, 0.29) is 6.61 Å². The van der Waals surface area contributed by atoms with E-state index < -0.39 is 11.7 Å². The van der Waals surface area contributed by atoms with Crippen LogP contribution in [0.2, 0.25) is 0 Å². The van der Waals surface area contributed by atoms with Crippen molar-refractivity contribution in [1.29, 1.82) is 0 Å². The van der Waals surface area contributed by atoms with Gasteiger partial charge in [0, 0.05) is 5.56 Å². The lowest BCUT2D eigenvalue weighted by Crippen LogP contribution is -2.34. The molecule has 0 aliphatic heterocycles. The van der Waals surface area contributed by atoms with E-state index in [1.54, 1.807) is 20.8 Å². The number of ether oxygens (including phenoxy) is 2. The number of benzene rings is 1. The summed E-state index contributed by atoms with van der Waals surface area (Å²) < 4.78 is 16.6. The first-order chi connectivity index (χ1) is 10.9. The minimum atomic E-state index is -0.523. The molecular formula is C16H19BrN2O4.